The third kappa shape index (κ3) is 1.29. The number of hydrogen-bond donors (Lipinski definition) is 0. The molecule has 2 amide bonds. The number of esters is 1. The maximum atomic E-state index is 11.6. The van der Waals surface area contributed by atoms with Gasteiger partial charge in [-0.3, -0.25) is 14.5 Å². The Labute approximate surface area is 91.6 Å². The van der Waals surface area contributed by atoms with Crippen molar-refractivity contribution in [2.24, 2.45) is 0 Å². The van der Waals surface area contributed by atoms with Crippen molar-refractivity contribution in [3.63, 3.8) is 0 Å². The minimum Gasteiger partial charge on any atom is -0.465 e. The van der Waals surface area contributed by atoms with Crippen LogP contribution in [0.25, 0.3) is 0 Å². The van der Waals surface area contributed by atoms with Gasteiger partial charge in [-0.2, -0.15) is 0 Å². The molecule has 0 aliphatic carbocycles. The van der Waals surface area contributed by atoms with Gasteiger partial charge < -0.3 is 4.74 Å². The monoisotopic (exact) mass is 219 g/mol. The fourth-order valence-corrected chi connectivity index (χ4v) is 1.61. The minimum atomic E-state index is -0.530. The molecule has 1 heterocycles. The molecular weight excluding hydrogens is 210 g/mol. The van der Waals surface area contributed by atoms with Crippen LogP contribution < -0.4 is 0 Å². The van der Waals surface area contributed by atoms with E-state index in [2.05, 4.69) is 4.74 Å². The van der Waals surface area contributed by atoms with Crippen LogP contribution in [-0.2, 0) is 4.74 Å². The lowest BCUT2D eigenvalue weighted by molar-refractivity contribution is 0.0600. The molecule has 1 aliphatic rings. The van der Waals surface area contributed by atoms with E-state index in [1.165, 1.54) is 32.4 Å². The molecule has 0 unspecified atom stereocenters. The van der Waals surface area contributed by atoms with Crippen LogP contribution in [0, 0.1) is 0 Å². The Bertz CT molecular complexity index is 507. The fourth-order valence-electron chi connectivity index (χ4n) is 1.61. The first-order valence-corrected chi connectivity index (χ1v) is 4.61. The van der Waals surface area contributed by atoms with Gasteiger partial charge in [-0.15, -0.1) is 0 Å². The Hall–Kier alpha value is -2.17. The summed E-state index contributed by atoms with van der Waals surface area (Å²) in [6.07, 6.45) is 0. The summed E-state index contributed by atoms with van der Waals surface area (Å²) in [5.41, 5.74) is 0.827. The minimum absolute atomic E-state index is 0.246. The van der Waals surface area contributed by atoms with Crippen molar-refractivity contribution in [2.45, 2.75) is 0 Å². The quantitative estimate of drug-likeness (QED) is 0.515. The summed E-state index contributed by atoms with van der Waals surface area (Å²) in [6, 6.07) is 4.31. The highest BCUT2D eigenvalue weighted by molar-refractivity contribution is 6.21. The topological polar surface area (TPSA) is 63.7 Å². The lowest BCUT2D eigenvalue weighted by atomic mass is 10.1. The third-order valence-electron chi connectivity index (χ3n) is 2.51. The van der Waals surface area contributed by atoms with Gasteiger partial charge in [-0.25, -0.2) is 4.79 Å². The number of ether oxygens (including phenoxy) is 1. The Morgan fingerprint density at radius 2 is 1.81 bits per heavy atom. The first-order chi connectivity index (χ1) is 7.56. The van der Waals surface area contributed by atoms with E-state index in [1.807, 2.05) is 0 Å². The van der Waals surface area contributed by atoms with E-state index in [0.29, 0.717) is 5.56 Å². The van der Waals surface area contributed by atoms with Crippen LogP contribution >= 0.6 is 0 Å². The van der Waals surface area contributed by atoms with E-state index in [1.54, 1.807) is 0 Å². The average Bonchev–Trinajstić information content (AvgIpc) is 2.53. The molecule has 1 aliphatic heterocycles. The van der Waals surface area contributed by atoms with Gasteiger partial charge in [0.2, 0.25) is 0 Å². The van der Waals surface area contributed by atoms with Gasteiger partial charge in [0.25, 0.3) is 11.8 Å². The van der Waals surface area contributed by atoms with Crippen LogP contribution in [0.1, 0.15) is 31.1 Å². The first kappa shape index (κ1) is 10.4. The van der Waals surface area contributed by atoms with Crippen molar-refractivity contribution < 1.29 is 19.1 Å². The Balaban J connectivity index is 2.53. The zero-order valence-corrected chi connectivity index (χ0v) is 8.81. The maximum absolute atomic E-state index is 11.6. The van der Waals surface area contributed by atoms with Crippen LogP contribution in [0.2, 0.25) is 0 Å². The van der Waals surface area contributed by atoms with Gasteiger partial charge in [0.1, 0.15) is 0 Å². The number of fused-ring (bicyclic) bond motifs is 1. The highest BCUT2D eigenvalue weighted by Gasteiger charge is 2.33. The van der Waals surface area contributed by atoms with Crippen LogP contribution in [0.4, 0.5) is 0 Å². The summed E-state index contributed by atoms with van der Waals surface area (Å²) in [5, 5.41) is 0. The van der Waals surface area contributed by atoms with Crippen LogP contribution in [0.15, 0.2) is 18.2 Å². The summed E-state index contributed by atoms with van der Waals surface area (Å²) in [7, 11) is 2.66. The number of benzene rings is 1. The number of amides is 2. The molecule has 0 atom stereocenters. The summed E-state index contributed by atoms with van der Waals surface area (Å²) < 4.78 is 4.54. The molecule has 0 radical (unpaired) electrons. The van der Waals surface area contributed by atoms with Crippen molar-refractivity contribution in [2.75, 3.05) is 14.2 Å². The molecule has 16 heavy (non-hydrogen) atoms. The van der Waals surface area contributed by atoms with E-state index in [-0.39, 0.29) is 17.0 Å². The van der Waals surface area contributed by atoms with Gasteiger partial charge >= 0.3 is 5.97 Å². The summed E-state index contributed by atoms with van der Waals surface area (Å²) >= 11 is 0. The van der Waals surface area contributed by atoms with Crippen LogP contribution in [0.5, 0.6) is 0 Å². The second-order valence-electron chi connectivity index (χ2n) is 3.42. The summed E-state index contributed by atoms with van der Waals surface area (Å²) in [5.74, 6) is -1.28. The van der Waals surface area contributed by atoms with Gasteiger partial charge in [-0.05, 0) is 18.2 Å². The Morgan fingerprint density at radius 3 is 2.44 bits per heavy atom. The molecule has 0 N–H and O–H groups in total. The van der Waals surface area contributed by atoms with E-state index >= 15 is 0 Å². The fraction of sp³-hybridized carbons (Fsp3) is 0.182. The van der Waals surface area contributed by atoms with Gasteiger partial charge in [-0.1, -0.05) is 0 Å². The number of imide groups is 1. The molecule has 0 fully saturated rings. The predicted molar refractivity (Wildman–Crippen MR) is 54.2 cm³/mol. The van der Waals surface area contributed by atoms with E-state index in [0.717, 1.165) is 4.90 Å². The number of rotatable bonds is 1. The first-order valence-electron chi connectivity index (χ1n) is 4.61. The Kier molecular flexibility index (Phi) is 2.23. The van der Waals surface area contributed by atoms with Crippen molar-refractivity contribution in [1.82, 2.24) is 4.90 Å². The predicted octanol–water partition coefficient (Wildman–Crippen LogP) is 0.699. The SMILES string of the molecule is COC(=O)c1ccc2c(c1)C(=O)N(C)C2=O. The normalized spacial score (nSPS) is 14.0. The number of hydrogen-bond acceptors (Lipinski definition) is 4. The standard InChI is InChI=1S/C11H9NO4/c1-12-9(13)7-4-3-6(11(15)16-2)5-8(7)10(12)14/h3-5H,1-2H3. The number of carbonyl (C=O) groups is 3. The van der Waals surface area contributed by atoms with Crippen molar-refractivity contribution in [3.05, 3.63) is 34.9 Å². The number of nitrogens with zero attached hydrogens (tertiary/aromatic N) is 1. The number of methoxy groups -OCH3 is 1. The van der Waals surface area contributed by atoms with Crippen molar-refractivity contribution in [3.8, 4) is 0 Å². The molecule has 0 aromatic heterocycles. The number of carbonyl (C=O) groups excluding carboxylic acids is 3. The molecule has 2 rings (SSSR count). The summed E-state index contributed by atoms with van der Waals surface area (Å²) in [4.78, 5) is 35.4. The van der Waals surface area contributed by atoms with Crippen LogP contribution in [-0.4, -0.2) is 36.8 Å². The smallest absolute Gasteiger partial charge is 0.337 e. The maximum Gasteiger partial charge on any atom is 0.337 e. The van der Waals surface area contributed by atoms with Gasteiger partial charge in [0.05, 0.1) is 23.8 Å². The highest BCUT2D eigenvalue weighted by Crippen LogP contribution is 2.22. The largest absolute Gasteiger partial charge is 0.465 e. The second-order valence-corrected chi connectivity index (χ2v) is 3.42. The molecule has 5 nitrogen and oxygen atoms in total. The van der Waals surface area contributed by atoms with E-state index < -0.39 is 11.9 Å². The van der Waals surface area contributed by atoms with Crippen molar-refractivity contribution in [1.29, 1.82) is 0 Å². The highest BCUT2D eigenvalue weighted by atomic mass is 16.5. The van der Waals surface area contributed by atoms with Gasteiger partial charge in [0.15, 0.2) is 0 Å². The second kappa shape index (κ2) is 3.44. The van der Waals surface area contributed by atoms with Crippen molar-refractivity contribution >= 4 is 17.8 Å². The molecule has 0 saturated carbocycles. The zero-order chi connectivity index (χ0) is 11.9. The molecule has 0 saturated heterocycles. The molecule has 1 aromatic rings. The molecular formula is C11H9NO4. The third-order valence-corrected chi connectivity index (χ3v) is 2.51. The Morgan fingerprint density at radius 1 is 1.19 bits per heavy atom. The zero-order valence-electron chi connectivity index (χ0n) is 8.81. The molecule has 82 valence electrons. The average molecular weight is 219 g/mol. The molecule has 0 spiro atoms. The van der Waals surface area contributed by atoms with Gasteiger partial charge in [0, 0.05) is 7.05 Å². The molecule has 1 aromatic carbocycles. The summed E-state index contributed by atoms with van der Waals surface area (Å²) in [6.45, 7) is 0. The van der Waals surface area contributed by atoms with E-state index in [9.17, 15) is 14.4 Å². The molecule has 5 heteroatoms. The van der Waals surface area contributed by atoms with Crippen LogP contribution in [0.3, 0.4) is 0 Å². The lowest BCUT2D eigenvalue weighted by Crippen LogP contribution is -2.24. The van der Waals surface area contributed by atoms with E-state index in [4.69, 9.17) is 0 Å². The lowest BCUT2D eigenvalue weighted by Gasteiger charge is -2.02. The molecule has 0 bridgehead atoms.